The summed E-state index contributed by atoms with van der Waals surface area (Å²) in [7, 11) is 1.59. The Hall–Kier alpha value is -2.82. The van der Waals surface area contributed by atoms with Gasteiger partial charge in [-0.3, -0.25) is 4.79 Å². The fourth-order valence-electron chi connectivity index (χ4n) is 2.65. The van der Waals surface area contributed by atoms with Gasteiger partial charge < -0.3 is 15.2 Å². The predicted molar refractivity (Wildman–Crippen MR) is 95.7 cm³/mol. The van der Waals surface area contributed by atoms with Gasteiger partial charge in [0.05, 0.1) is 7.11 Å². The number of methoxy groups -OCH3 is 1. The van der Waals surface area contributed by atoms with Crippen LogP contribution in [0.15, 0.2) is 54.6 Å². The number of hydrogen-bond donors (Lipinski definition) is 2. The molecule has 0 aromatic heterocycles. The summed E-state index contributed by atoms with van der Waals surface area (Å²) in [6.07, 6.45) is 0.473. The predicted octanol–water partition coefficient (Wildman–Crippen LogP) is 3.00. The number of carbonyl (C=O) groups is 2. The Kier molecular flexibility index (Phi) is 6.57. The lowest BCUT2D eigenvalue weighted by Gasteiger charge is -2.17. The number of ether oxygens (including phenoxy) is 1. The van der Waals surface area contributed by atoms with Crippen LogP contribution in [0, 0.1) is 0 Å². The molecule has 2 atom stereocenters. The van der Waals surface area contributed by atoms with Crippen LogP contribution in [0.1, 0.15) is 30.4 Å². The maximum absolute atomic E-state index is 12.3. The second kappa shape index (κ2) is 8.87. The van der Waals surface area contributed by atoms with Crippen molar-refractivity contribution in [3.05, 3.63) is 65.7 Å². The molecule has 2 aromatic carbocycles. The van der Waals surface area contributed by atoms with Crippen LogP contribution >= 0.6 is 0 Å². The average molecular weight is 341 g/mol. The van der Waals surface area contributed by atoms with E-state index in [1.165, 1.54) is 0 Å². The van der Waals surface area contributed by atoms with Crippen molar-refractivity contribution in [1.82, 2.24) is 5.32 Å². The molecule has 0 radical (unpaired) electrons. The van der Waals surface area contributed by atoms with E-state index >= 15 is 0 Å². The van der Waals surface area contributed by atoms with Gasteiger partial charge in [0.2, 0.25) is 5.91 Å². The summed E-state index contributed by atoms with van der Waals surface area (Å²) in [4.78, 5) is 23.7. The highest BCUT2D eigenvalue weighted by Crippen LogP contribution is 2.23. The third kappa shape index (κ3) is 5.64. The fourth-order valence-corrected chi connectivity index (χ4v) is 2.65. The van der Waals surface area contributed by atoms with Crippen molar-refractivity contribution in [2.45, 2.75) is 31.7 Å². The third-order valence-electron chi connectivity index (χ3n) is 4.07. The molecule has 0 saturated heterocycles. The highest BCUT2D eigenvalue weighted by atomic mass is 16.5. The molecule has 2 N–H and O–H groups in total. The molecule has 0 bridgehead atoms. The summed E-state index contributed by atoms with van der Waals surface area (Å²) < 4.78 is 5.19. The van der Waals surface area contributed by atoms with Gasteiger partial charge in [-0.2, -0.15) is 0 Å². The van der Waals surface area contributed by atoms with Crippen molar-refractivity contribution in [2.24, 2.45) is 0 Å². The Bertz CT molecular complexity index is 715. The summed E-state index contributed by atoms with van der Waals surface area (Å²) in [5.41, 5.74) is 1.85. The van der Waals surface area contributed by atoms with Gasteiger partial charge in [-0.15, -0.1) is 0 Å². The molecule has 0 fully saturated rings. The van der Waals surface area contributed by atoms with E-state index < -0.39 is 12.0 Å². The lowest BCUT2D eigenvalue weighted by molar-refractivity contribution is -0.141. The molecule has 1 unspecified atom stereocenters. The molecule has 2 rings (SSSR count). The molecule has 0 saturated carbocycles. The van der Waals surface area contributed by atoms with Crippen LogP contribution in [0.4, 0.5) is 0 Å². The molecule has 0 aliphatic heterocycles. The highest BCUT2D eigenvalue weighted by molar-refractivity contribution is 5.84. The molecular formula is C20H23NO4. The van der Waals surface area contributed by atoms with Crippen molar-refractivity contribution in [2.75, 3.05) is 7.11 Å². The first-order valence-corrected chi connectivity index (χ1v) is 8.19. The molecule has 0 aliphatic rings. The maximum atomic E-state index is 12.3. The van der Waals surface area contributed by atoms with Gasteiger partial charge in [-0.25, -0.2) is 4.79 Å². The van der Waals surface area contributed by atoms with Crippen molar-refractivity contribution in [1.29, 1.82) is 0 Å². The van der Waals surface area contributed by atoms with Crippen LogP contribution in [0.3, 0.4) is 0 Å². The van der Waals surface area contributed by atoms with E-state index in [1.807, 2.05) is 61.5 Å². The molecular weight excluding hydrogens is 318 g/mol. The van der Waals surface area contributed by atoms with Gasteiger partial charge in [0.1, 0.15) is 11.8 Å². The van der Waals surface area contributed by atoms with Crippen LogP contribution in [0.2, 0.25) is 0 Å². The van der Waals surface area contributed by atoms with Crippen LogP contribution in [0.25, 0.3) is 0 Å². The quantitative estimate of drug-likeness (QED) is 0.774. The van der Waals surface area contributed by atoms with Crippen LogP contribution in [0.5, 0.6) is 5.75 Å². The Morgan fingerprint density at radius 3 is 2.48 bits per heavy atom. The molecule has 5 nitrogen and oxygen atoms in total. The summed E-state index contributed by atoms with van der Waals surface area (Å²) in [5, 5.41) is 12.0. The molecule has 1 amide bonds. The first-order chi connectivity index (χ1) is 12.0. The van der Waals surface area contributed by atoms with Gasteiger partial charge in [-0.05, 0) is 29.2 Å². The van der Waals surface area contributed by atoms with E-state index in [2.05, 4.69) is 5.32 Å². The zero-order valence-electron chi connectivity index (χ0n) is 14.4. The third-order valence-corrected chi connectivity index (χ3v) is 4.07. The summed E-state index contributed by atoms with van der Waals surface area (Å²) in [6.45, 7) is 1.93. The van der Waals surface area contributed by atoms with E-state index in [0.717, 1.165) is 16.9 Å². The number of hydrogen-bond acceptors (Lipinski definition) is 3. The van der Waals surface area contributed by atoms with E-state index in [0.29, 0.717) is 0 Å². The normalized spacial score (nSPS) is 12.9. The summed E-state index contributed by atoms with van der Waals surface area (Å²) in [5.74, 6) is -0.622. The lowest BCUT2D eigenvalue weighted by Crippen LogP contribution is -2.42. The lowest BCUT2D eigenvalue weighted by atomic mass is 9.97. The van der Waals surface area contributed by atoms with E-state index in [9.17, 15) is 14.7 Å². The molecule has 0 aliphatic carbocycles. The Morgan fingerprint density at radius 1 is 1.12 bits per heavy atom. The molecule has 0 heterocycles. The largest absolute Gasteiger partial charge is 0.497 e. The minimum atomic E-state index is -1.04. The number of carbonyl (C=O) groups excluding carboxylic acids is 1. The van der Waals surface area contributed by atoms with Gasteiger partial charge >= 0.3 is 5.97 Å². The molecule has 25 heavy (non-hydrogen) atoms. The summed E-state index contributed by atoms with van der Waals surface area (Å²) in [6, 6.07) is 15.9. The molecule has 2 aromatic rings. The number of carboxylic acid groups (broad SMARTS) is 1. The van der Waals surface area contributed by atoms with E-state index in [4.69, 9.17) is 4.74 Å². The standard InChI is InChI=1S/C20H23NO4/c1-14(16-9-6-10-17(13-16)25-2)11-19(22)21-18(20(23)24)12-15-7-4-3-5-8-15/h3-10,13-14,18H,11-12H2,1-2H3,(H,21,22)(H,23,24)/t14?,18-/m1/s1. The van der Waals surface area contributed by atoms with Crippen LogP contribution < -0.4 is 10.1 Å². The first kappa shape index (κ1) is 18.5. The van der Waals surface area contributed by atoms with Gasteiger partial charge in [0.25, 0.3) is 0 Å². The Balaban J connectivity index is 1.97. The zero-order chi connectivity index (χ0) is 18.2. The highest BCUT2D eigenvalue weighted by Gasteiger charge is 2.21. The fraction of sp³-hybridized carbons (Fsp3) is 0.300. The van der Waals surface area contributed by atoms with Crippen LogP contribution in [-0.4, -0.2) is 30.1 Å². The van der Waals surface area contributed by atoms with Crippen molar-refractivity contribution < 1.29 is 19.4 Å². The molecule has 5 heteroatoms. The number of benzene rings is 2. The number of amides is 1. The minimum Gasteiger partial charge on any atom is -0.497 e. The SMILES string of the molecule is COc1cccc(C(C)CC(=O)N[C@H](Cc2ccccc2)C(=O)O)c1. The average Bonchev–Trinajstić information content (AvgIpc) is 2.62. The van der Waals surface area contributed by atoms with E-state index in [1.54, 1.807) is 7.11 Å². The minimum absolute atomic E-state index is 0.0405. The van der Waals surface area contributed by atoms with Gasteiger partial charge in [-0.1, -0.05) is 49.4 Å². The van der Waals surface area contributed by atoms with Crippen LogP contribution in [-0.2, 0) is 16.0 Å². The van der Waals surface area contributed by atoms with Gasteiger partial charge in [0.15, 0.2) is 0 Å². The molecule has 132 valence electrons. The number of aliphatic carboxylic acids is 1. The van der Waals surface area contributed by atoms with Crippen molar-refractivity contribution in [3.8, 4) is 5.75 Å². The van der Waals surface area contributed by atoms with Crippen molar-refractivity contribution in [3.63, 3.8) is 0 Å². The van der Waals surface area contributed by atoms with E-state index in [-0.39, 0.29) is 24.7 Å². The Labute approximate surface area is 147 Å². The summed E-state index contributed by atoms with van der Waals surface area (Å²) >= 11 is 0. The monoisotopic (exact) mass is 341 g/mol. The topological polar surface area (TPSA) is 75.6 Å². The number of nitrogens with one attached hydrogen (secondary N) is 1. The molecule has 0 spiro atoms. The number of carboxylic acids is 1. The smallest absolute Gasteiger partial charge is 0.326 e. The number of rotatable bonds is 8. The van der Waals surface area contributed by atoms with Crippen molar-refractivity contribution >= 4 is 11.9 Å². The second-order valence-electron chi connectivity index (χ2n) is 6.03. The second-order valence-corrected chi connectivity index (χ2v) is 6.03. The Morgan fingerprint density at radius 2 is 1.84 bits per heavy atom. The first-order valence-electron chi connectivity index (χ1n) is 8.19. The zero-order valence-corrected chi connectivity index (χ0v) is 14.4. The maximum Gasteiger partial charge on any atom is 0.326 e. The van der Waals surface area contributed by atoms with Gasteiger partial charge in [0, 0.05) is 12.8 Å².